The summed E-state index contributed by atoms with van der Waals surface area (Å²) >= 11 is 0. The normalized spacial score (nSPS) is 16.8. The van der Waals surface area contributed by atoms with Gasteiger partial charge in [0.25, 0.3) is 0 Å². The van der Waals surface area contributed by atoms with Gasteiger partial charge in [-0.15, -0.1) is 0 Å². The minimum Gasteiger partial charge on any atom is -0.326 e. The fraction of sp³-hybridized carbons (Fsp3) is 0.333. The third kappa shape index (κ3) is 5.21. The van der Waals surface area contributed by atoms with Crippen LogP contribution in [-0.4, -0.2) is 33.3 Å². The highest BCUT2D eigenvalue weighted by Gasteiger charge is 2.35. The van der Waals surface area contributed by atoms with Crippen molar-refractivity contribution < 1.29 is 18.0 Å². The number of rotatable bonds is 8. The van der Waals surface area contributed by atoms with Crippen LogP contribution < -0.4 is 14.9 Å². The Balaban J connectivity index is 1.60. The molecule has 7 nitrogen and oxygen atoms in total. The topological polar surface area (TPSA) is 95.6 Å². The van der Waals surface area contributed by atoms with Crippen LogP contribution in [-0.2, 0) is 19.6 Å². The van der Waals surface area contributed by atoms with Gasteiger partial charge in [-0.25, -0.2) is 13.1 Å². The number of anilines is 2. The summed E-state index contributed by atoms with van der Waals surface area (Å²) in [5.41, 5.74) is 1.27. The molecule has 1 atom stereocenters. The van der Waals surface area contributed by atoms with Crippen LogP contribution in [0.3, 0.4) is 0 Å². The second-order valence-corrected chi connectivity index (χ2v) is 8.77. The molecule has 0 aromatic heterocycles. The Morgan fingerprint density at radius 3 is 2.45 bits per heavy atom. The van der Waals surface area contributed by atoms with Gasteiger partial charge in [0.15, 0.2) is 0 Å². The number of carbonyl (C=O) groups is 2. The maximum Gasteiger partial charge on any atom is 0.240 e. The molecule has 154 valence electrons. The molecule has 1 aliphatic heterocycles. The standard InChI is InChI=1S/C21H25N3O4S/c1-2-3-13-22-29(27,28)19-11-9-17(10-12-19)23-21(26)16-14-20(25)24(15-16)18-7-5-4-6-8-18/h4-12,16,22H,2-3,13-15H2,1H3,(H,23,26). The molecule has 1 heterocycles. The number of nitrogens with one attached hydrogen (secondary N) is 2. The molecule has 1 fully saturated rings. The number of para-hydroxylation sites is 1. The minimum absolute atomic E-state index is 0.0871. The van der Waals surface area contributed by atoms with Gasteiger partial charge in [-0.1, -0.05) is 31.5 Å². The molecule has 2 aromatic carbocycles. The lowest BCUT2D eigenvalue weighted by Gasteiger charge is -2.16. The van der Waals surface area contributed by atoms with E-state index >= 15 is 0 Å². The largest absolute Gasteiger partial charge is 0.326 e. The van der Waals surface area contributed by atoms with Crippen molar-refractivity contribution in [3.8, 4) is 0 Å². The van der Waals surface area contributed by atoms with E-state index in [9.17, 15) is 18.0 Å². The van der Waals surface area contributed by atoms with E-state index in [1.807, 2.05) is 37.3 Å². The van der Waals surface area contributed by atoms with E-state index in [0.717, 1.165) is 18.5 Å². The number of hydrogen-bond acceptors (Lipinski definition) is 4. The Morgan fingerprint density at radius 2 is 1.79 bits per heavy atom. The Kier molecular flexibility index (Phi) is 6.66. The number of benzene rings is 2. The molecule has 0 spiro atoms. The van der Waals surface area contributed by atoms with Gasteiger partial charge in [0.05, 0.1) is 10.8 Å². The molecule has 0 radical (unpaired) electrons. The predicted octanol–water partition coefficient (Wildman–Crippen LogP) is 2.76. The smallest absolute Gasteiger partial charge is 0.240 e. The van der Waals surface area contributed by atoms with Crippen molar-refractivity contribution in [3.05, 3.63) is 54.6 Å². The first-order chi connectivity index (χ1) is 13.9. The van der Waals surface area contributed by atoms with E-state index in [2.05, 4.69) is 10.0 Å². The summed E-state index contributed by atoms with van der Waals surface area (Å²) in [6, 6.07) is 15.3. The molecule has 8 heteroatoms. The molecular weight excluding hydrogens is 390 g/mol. The third-order valence-electron chi connectivity index (χ3n) is 4.82. The van der Waals surface area contributed by atoms with Crippen LogP contribution in [0.2, 0.25) is 0 Å². The summed E-state index contributed by atoms with van der Waals surface area (Å²) in [5, 5.41) is 2.77. The van der Waals surface area contributed by atoms with Crippen molar-refractivity contribution in [1.29, 1.82) is 0 Å². The number of unbranched alkanes of at least 4 members (excludes halogenated alkanes) is 1. The second kappa shape index (κ2) is 9.19. The van der Waals surface area contributed by atoms with Gasteiger partial charge in [-0.05, 0) is 42.8 Å². The zero-order valence-corrected chi connectivity index (χ0v) is 17.1. The van der Waals surface area contributed by atoms with E-state index < -0.39 is 15.9 Å². The molecule has 0 aliphatic carbocycles. The van der Waals surface area contributed by atoms with E-state index in [1.54, 1.807) is 17.0 Å². The molecule has 3 rings (SSSR count). The first-order valence-electron chi connectivity index (χ1n) is 9.66. The van der Waals surface area contributed by atoms with E-state index in [1.165, 1.54) is 12.1 Å². The monoisotopic (exact) mass is 415 g/mol. The van der Waals surface area contributed by atoms with Crippen LogP contribution in [0.15, 0.2) is 59.5 Å². The van der Waals surface area contributed by atoms with Crippen LogP contribution in [0, 0.1) is 5.92 Å². The van der Waals surface area contributed by atoms with E-state index in [4.69, 9.17) is 0 Å². The lowest BCUT2D eigenvalue weighted by Crippen LogP contribution is -2.28. The maximum absolute atomic E-state index is 12.6. The first kappa shape index (κ1) is 21.0. The van der Waals surface area contributed by atoms with Crippen LogP contribution in [0.4, 0.5) is 11.4 Å². The van der Waals surface area contributed by atoms with Gasteiger partial charge in [0.1, 0.15) is 0 Å². The van der Waals surface area contributed by atoms with Gasteiger partial charge >= 0.3 is 0 Å². The van der Waals surface area contributed by atoms with Crippen molar-refractivity contribution in [2.45, 2.75) is 31.1 Å². The number of sulfonamides is 1. The lowest BCUT2D eigenvalue weighted by atomic mass is 10.1. The number of nitrogens with zero attached hydrogens (tertiary/aromatic N) is 1. The fourth-order valence-electron chi connectivity index (χ4n) is 3.17. The highest BCUT2D eigenvalue weighted by molar-refractivity contribution is 7.89. The Bertz CT molecular complexity index is 959. The van der Waals surface area contributed by atoms with Crippen LogP contribution in [0.5, 0.6) is 0 Å². The number of amides is 2. The number of carbonyl (C=O) groups excluding carboxylic acids is 2. The van der Waals surface area contributed by atoms with Crippen molar-refractivity contribution in [2.24, 2.45) is 5.92 Å². The average molecular weight is 416 g/mol. The average Bonchev–Trinajstić information content (AvgIpc) is 3.11. The molecule has 0 bridgehead atoms. The van der Waals surface area contributed by atoms with Gasteiger partial charge in [-0.3, -0.25) is 9.59 Å². The minimum atomic E-state index is -3.55. The van der Waals surface area contributed by atoms with Crippen molar-refractivity contribution >= 4 is 33.2 Å². The fourth-order valence-corrected chi connectivity index (χ4v) is 4.24. The molecule has 2 amide bonds. The summed E-state index contributed by atoms with van der Waals surface area (Å²) in [4.78, 5) is 26.6. The van der Waals surface area contributed by atoms with Crippen molar-refractivity contribution in [1.82, 2.24) is 4.72 Å². The van der Waals surface area contributed by atoms with Crippen molar-refractivity contribution in [3.63, 3.8) is 0 Å². The van der Waals surface area contributed by atoms with Gasteiger partial charge in [0.2, 0.25) is 21.8 Å². The SMILES string of the molecule is CCCCNS(=O)(=O)c1ccc(NC(=O)C2CC(=O)N(c3ccccc3)C2)cc1. The summed E-state index contributed by atoms with van der Waals surface area (Å²) in [7, 11) is -3.55. The molecule has 0 saturated carbocycles. The molecule has 1 unspecified atom stereocenters. The summed E-state index contributed by atoms with van der Waals surface area (Å²) in [6.07, 6.45) is 1.82. The maximum atomic E-state index is 12.6. The number of hydrogen-bond donors (Lipinski definition) is 2. The second-order valence-electron chi connectivity index (χ2n) is 7.01. The van der Waals surface area contributed by atoms with Crippen LogP contribution >= 0.6 is 0 Å². The zero-order valence-electron chi connectivity index (χ0n) is 16.3. The molecule has 2 N–H and O–H groups in total. The lowest BCUT2D eigenvalue weighted by molar-refractivity contribution is -0.122. The highest BCUT2D eigenvalue weighted by atomic mass is 32.2. The Hall–Kier alpha value is -2.71. The molecule has 29 heavy (non-hydrogen) atoms. The van der Waals surface area contributed by atoms with E-state index in [-0.39, 0.29) is 23.1 Å². The third-order valence-corrected chi connectivity index (χ3v) is 6.30. The summed E-state index contributed by atoms with van der Waals surface area (Å²) in [5.74, 6) is -0.800. The molecular formula is C21H25N3O4S. The first-order valence-corrected chi connectivity index (χ1v) is 11.1. The Morgan fingerprint density at radius 1 is 1.10 bits per heavy atom. The summed E-state index contributed by atoms with van der Waals surface area (Å²) in [6.45, 7) is 2.70. The van der Waals surface area contributed by atoms with E-state index in [0.29, 0.717) is 18.8 Å². The van der Waals surface area contributed by atoms with Crippen molar-refractivity contribution in [2.75, 3.05) is 23.3 Å². The summed E-state index contributed by atoms with van der Waals surface area (Å²) < 4.78 is 27.0. The van der Waals surface area contributed by atoms with Gasteiger partial charge in [-0.2, -0.15) is 0 Å². The molecule has 1 aliphatic rings. The van der Waals surface area contributed by atoms with Crippen LogP contribution in [0.25, 0.3) is 0 Å². The van der Waals surface area contributed by atoms with Gasteiger partial charge < -0.3 is 10.2 Å². The van der Waals surface area contributed by atoms with Crippen LogP contribution in [0.1, 0.15) is 26.2 Å². The quantitative estimate of drug-likeness (QED) is 0.648. The Labute approximate surface area is 171 Å². The zero-order chi connectivity index (χ0) is 20.9. The molecule has 1 saturated heterocycles. The van der Waals surface area contributed by atoms with Gasteiger partial charge in [0, 0.05) is 30.9 Å². The molecule has 2 aromatic rings. The highest BCUT2D eigenvalue weighted by Crippen LogP contribution is 2.26. The predicted molar refractivity (Wildman–Crippen MR) is 112 cm³/mol.